The molecule has 1 fully saturated rings. The number of aliphatic hydroxyl groups is 1. The number of aliphatic hydroxyl groups excluding tert-OH is 1. The van der Waals surface area contributed by atoms with Crippen molar-refractivity contribution < 1.29 is 27.4 Å². The maximum Gasteiger partial charge on any atom is 0.238 e. The molecule has 1 aliphatic heterocycles. The predicted molar refractivity (Wildman–Crippen MR) is 140 cm³/mol. The normalized spacial score (nSPS) is 18.8. The first kappa shape index (κ1) is 26.2. The molecule has 1 aliphatic rings. The molecule has 0 saturated carbocycles. The van der Waals surface area contributed by atoms with Crippen LogP contribution in [-0.2, 0) is 26.1 Å². The van der Waals surface area contributed by atoms with E-state index in [1.165, 1.54) is 12.1 Å². The minimum Gasteiger partial charge on any atom is -0.437 e. The van der Waals surface area contributed by atoms with E-state index in [9.17, 15) is 13.5 Å². The zero-order valence-corrected chi connectivity index (χ0v) is 21.7. The summed E-state index contributed by atoms with van der Waals surface area (Å²) in [5.41, 5.74) is 3.82. The van der Waals surface area contributed by atoms with Crippen LogP contribution in [0.3, 0.4) is 0 Å². The average molecular weight is 536 g/mol. The van der Waals surface area contributed by atoms with Gasteiger partial charge in [-0.3, -0.25) is 4.98 Å². The minimum atomic E-state index is -3.81. The Hall–Kier alpha value is -3.41. The molecule has 4 aromatic rings. The van der Waals surface area contributed by atoms with E-state index in [2.05, 4.69) is 0 Å². The minimum absolute atomic E-state index is 0.0175. The summed E-state index contributed by atoms with van der Waals surface area (Å²) in [5.74, 6) is 1.03. The molecule has 1 saturated heterocycles. The molecule has 0 amide bonds. The van der Waals surface area contributed by atoms with Gasteiger partial charge in [0.25, 0.3) is 0 Å². The van der Waals surface area contributed by atoms with Crippen molar-refractivity contribution in [1.29, 1.82) is 0 Å². The molecule has 2 aromatic heterocycles. The molecular weight excluding hydrogens is 506 g/mol. The van der Waals surface area contributed by atoms with Crippen LogP contribution >= 0.6 is 0 Å². The number of hydrogen-bond donors (Lipinski definition) is 2. The lowest BCUT2D eigenvalue weighted by atomic mass is 9.95. The summed E-state index contributed by atoms with van der Waals surface area (Å²) in [4.78, 5) is 9.50. The summed E-state index contributed by atoms with van der Waals surface area (Å²) in [6.07, 6.45) is 0.0899. The van der Waals surface area contributed by atoms with Gasteiger partial charge in [-0.15, -0.1) is 0 Å². The topological polar surface area (TPSA) is 138 Å². The second-order valence-electron chi connectivity index (χ2n) is 9.22. The molecule has 3 N–H and O–H groups in total. The van der Waals surface area contributed by atoms with Crippen molar-refractivity contribution in [3.63, 3.8) is 0 Å². The second kappa shape index (κ2) is 11.1. The maximum atomic E-state index is 11.7. The number of sulfonamides is 1. The van der Waals surface area contributed by atoms with Crippen molar-refractivity contribution in [2.45, 2.75) is 49.6 Å². The van der Waals surface area contributed by atoms with Gasteiger partial charge in [-0.2, -0.15) is 0 Å². The number of ether oxygens (including phenoxy) is 2. The summed E-state index contributed by atoms with van der Waals surface area (Å²) in [6.45, 7) is 2.61. The summed E-state index contributed by atoms with van der Waals surface area (Å²) >= 11 is 0. The van der Waals surface area contributed by atoms with Crippen LogP contribution in [-0.4, -0.2) is 36.4 Å². The van der Waals surface area contributed by atoms with Gasteiger partial charge in [0.1, 0.15) is 11.8 Å². The molecule has 3 atom stereocenters. The van der Waals surface area contributed by atoms with Crippen molar-refractivity contribution >= 4 is 10.0 Å². The molecule has 9 nitrogen and oxygen atoms in total. The van der Waals surface area contributed by atoms with Crippen LogP contribution in [0, 0.1) is 0 Å². The highest BCUT2D eigenvalue weighted by Gasteiger charge is 2.24. The van der Waals surface area contributed by atoms with Crippen LogP contribution in [0.1, 0.15) is 49.1 Å². The molecule has 198 valence electrons. The Balaban J connectivity index is 1.37. The highest BCUT2D eigenvalue weighted by molar-refractivity contribution is 7.89. The molecule has 0 aliphatic carbocycles. The number of aromatic nitrogens is 2. The SMILES string of the molecule is CC(OCc1cccc(C2CCOC(O)C2)n1)c1nc(-c2ccccc2)c(-c2ccc(S(N)(=O)=O)cc2)o1. The quantitative estimate of drug-likeness (QED) is 0.335. The fraction of sp³-hybridized carbons (Fsp3) is 0.286. The van der Waals surface area contributed by atoms with Gasteiger partial charge in [-0.25, -0.2) is 18.5 Å². The van der Waals surface area contributed by atoms with Crippen molar-refractivity contribution in [1.82, 2.24) is 9.97 Å². The van der Waals surface area contributed by atoms with Gasteiger partial charge < -0.3 is 19.0 Å². The highest BCUT2D eigenvalue weighted by atomic mass is 32.2. The Kier molecular flexibility index (Phi) is 7.68. The lowest BCUT2D eigenvalue weighted by Gasteiger charge is -2.26. The molecule has 38 heavy (non-hydrogen) atoms. The number of hydrogen-bond acceptors (Lipinski definition) is 8. The molecular formula is C28H29N3O6S. The summed E-state index contributed by atoms with van der Waals surface area (Å²) in [7, 11) is -3.81. The van der Waals surface area contributed by atoms with Crippen molar-refractivity contribution in [3.8, 4) is 22.6 Å². The number of benzene rings is 2. The molecule has 0 radical (unpaired) electrons. The first-order valence-corrected chi connectivity index (χ1v) is 13.9. The van der Waals surface area contributed by atoms with Crippen LogP contribution in [0.4, 0.5) is 0 Å². The largest absolute Gasteiger partial charge is 0.437 e. The summed E-state index contributed by atoms with van der Waals surface area (Å²) in [5, 5.41) is 15.1. The molecule has 3 unspecified atom stereocenters. The monoisotopic (exact) mass is 535 g/mol. The molecule has 0 bridgehead atoms. The molecule has 2 aromatic carbocycles. The van der Waals surface area contributed by atoms with Gasteiger partial charge in [0.2, 0.25) is 15.9 Å². The van der Waals surface area contributed by atoms with E-state index in [4.69, 9.17) is 29.0 Å². The standard InChI is InChI=1S/C28H29N3O6S/c1-18(36-17-22-8-5-9-24(30-22)21-14-15-35-25(32)16-21)28-31-26(19-6-3-2-4-7-19)27(37-28)20-10-12-23(13-11-20)38(29,33)34/h2-13,18,21,25,32H,14-17H2,1H3,(H2,29,33,34). The molecule has 3 heterocycles. The third kappa shape index (κ3) is 6.01. The maximum absolute atomic E-state index is 11.7. The van der Waals surface area contributed by atoms with E-state index in [0.29, 0.717) is 35.9 Å². The Morgan fingerprint density at radius 3 is 2.50 bits per heavy atom. The number of pyridine rings is 1. The number of rotatable bonds is 8. The van der Waals surface area contributed by atoms with Gasteiger partial charge in [0.15, 0.2) is 12.1 Å². The average Bonchev–Trinajstić information content (AvgIpc) is 3.38. The third-order valence-electron chi connectivity index (χ3n) is 6.47. The third-order valence-corrected chi connectivity index (χ3v) is 7.40. The smallest absolute Gasteiger partial charge is 0.238 e. The van der Waals surface area contributed by atoms with Gasteiger partial charge in [0, 0.05) is 29.2 Å². The van der Waals surface area contributed by atoms with Crippen molar-refractivity contribution in [2.75, 3.05) is 6.61 Å². The Bertz CT molecular complexity index is 1490. The first-order chi connectivity index (χ1) is 18.3. The Morgan fingerprint density at radius 1 is 1.03 bits per heavy atom. The van der Waals surface area contributed by atoms with E-state index in [-0.39, 0.29) is 17.4 Å². The summed E-state index contributed by atoms with van der Waals surface area (Å²) in [6, 6.07) is 21.6. The number of nitrogens with zero attached hydrogens (tertiary/aromatic N) is 2. The lowest BCUT2D eigenvalue weighted by Crippen LogP contribution is -2.24. The molecule has 5 rings (SSSR count). The number of primary sulfonamides is 1. The second-order valence-corrected chi connectivity index (χ2v) is 10.8. The van der Waals surface area contributed by atoms with E-state index >= 15 is 0 Å². The summed E-state index contributed by atoms with van der Waals surface area (Å²) < 4.78 is 40.9. The number of oxazole rings is 1. The van der Waals surface area contributed by atoms with Crippen LogP contribution in [0.2, 0.25) is 0 Å². The van der Waals surface area contributed by atoms with Crippen LogP contribution in [0.5, 0.6) is 0 Å². The van der Waals surface area contributed by atoms with Crippen molar-refractivity contribution in [2.24, 2.45) is 5.14 Å². The first-order valence-electron chi connectivity index (χ1n) is 12.3. The fourth-order valence-electron chi connectivity index (χ4n) is 4.43. The van der Waals surface area contributed by atoms with E-state index < -0.39 is 22.4 Å². The fourth-order valence-corrected chi connectivity index (χ4v) is 4.94. The van der Waals surface area contributed by atoms with Gasteiger partial charge in [-0.05, 0) is 49.7 Å². The highest BCUT2D eigenvalue weighted by Crippen LogP contribution is 2.35. The Morgan fingerprint density at radius 2 is 1.79 bits per heavy atom. The van der Waals surface area contributed by atoms with E-state index in [0.717, 1.165) is 23.4 Å². The zero-order valence-electron chi connectivity index (χ0n) is 20.9. The van der Waals surface area contributed by atoms with Crippen LogP contribution in [0.25, 0.3) is 22.6 Å². The molecule has 0 spiro atoms. The van der Waals surface area contributed by atoms with Gasteiger partial charge in [-0.1, -0.05) is 36.4 Å². The predicted octanol–water partition coefficient (Wildman–Crippen LogP) is 4.54. The van der Waals surface area contributed by atoms with Crippen molar-refractivity contribution in [3.05, 3.63) is 90.1 Å². The van der Waals surface area contributed by atoms with E-state index in [1.807, 2.05) is 55.5 Å². The molecule has 10 heteroatoms. The van der Waals surface area contributed by atoms with Gasteiger partial charge >= 0.3 is 0 Å². The lowest BCUT2D eigenvalue weighted by molar-refractivity contribution is -0.129. The van der Waals surface area contributed by atoms with E-state index in [1.54, 1.807) is 12.1 Å². The zero-order chi connectivity index (χ0) is 26.7. The van der Waals surface area contributed by atoms with Crippen LogP contribution in [0.15, 0.2) is 82.1 Å². The number of nitrogens with two attached hydrogens (primary N) is 1. The van der Waals surface area contributed by atoms with Crippen LogP contribution < -0.4 is 5.14 Å². The Labute approximate surface area is 221 Å². The van der Waals surface area contributed by atoms with Gasteiger partial charge in [0.05, 0.1) is 23.8 Å².